The minimum absolute atomic E-state index is 0.0948. The predicted octanol–water partition coefficient (Wildman–Crippen LogP) is 4.39. The van der Waals surface area contributed by atoms with E-state index < -0.39 is 24.6 Å². The number of carbonyl (C=O) groups excluding carboxylic acids is 2. The van der Waals surface area contributed by atoms with Gasteiger partial charge in [-0.1, -0.05) is 66.2 Å². The van der Waals surface area contributed by atoms with E-state index in [4.69, 9.17) is 20.6 Å². The van der Waals surface area contributed by atoms with Crippen LogP contribution in [0.1, 0.15) is 47.0 Å². The zero-order valence-corrected chi connectivity index (χ0v) is 23.0. The number of alkyl carbamates (subject to hydrolysis) is 1. The Morgan fingerprint density at radius 2 is 2.08 bits per heavy atom. The van der Waals surface area contributed by atoms with Gasteiger partial charge in [0.05, 0.1) is 25.0 Å². The summed E-state index contributed by atoms with van der Waals surface area (Å²) in [6, 6.07) is 0. The van der Waals surface area contributed by atoms with Gasteiger partial charge in [0.15, 0.2) is 12.1 Å². The number of aliphatic hydroxyl groups excluding tert-OH is 1. The van der Waals surface area contributed by atoms with Gasteiger partial charge in [-0.3, -0.25) is 10.1 Å². The minimum atomic E-state index is -0.928. The second kappa shape index (κ2) is 15.2. The molecule has 0 saturated carbocycles. The van der Waals surface area contributed by atoms with Crippen LogP contribution in [0.15, 0.2) is 35.1 Å². The average Bonchev–Trinajstić information content (AvgIpc) is 2.80. The Bertz CT molecular complexity index is 974. The van der Waals surface area contributed by atoms with Crippen molar-refractivity contribution < 1.29 is 28.9 Å². The Labute approximate surface area is 222 Å². The van der Waals surface area contributed by atoms with Crippen LogP contribution in [0.4, 0.5) is 4.79 Å². The zero-order chi connectivity index (χ0) is 26.7. The first-order valence-corrected chi connectivity index (χ1v) is 14.3. The number of nitrogens with one attached hydrogen (secondary N) is 1. The number of amides is 1. The molecule has 0 spiro atoms. The molecule has 1 aliphatic heterocycles. The Morgan fingerprint density at radius 3 is 2.72 bits per heavy atom. The normalized spacial score (nSPS) is 26.5. The molecule has 1 saturated heterocycles. The van der Waals surface area contributed by atoms with Crippen molar-refractivity contribution in [1.29, 1.82) is 0 Å². The lowest BCUT2D eigenvalue weighted by Crippen LogP contribution is -2.41. The maximum Gasteiger partial charge on any atom is 0.411 e. The van der Waals surface area contributed by atoms with Gasteiger partial charge in [0.25, 0.3) is 0 Å². The van der Waals surface area contributed by atoms with Gasteiger partial charge in [0.2, 0.25) is 0 Å². The molecule has 2 N–H and O–H groups in total. The van der Waals surface area contributed by atoms with Gasteiger partial charge in [-0.25, -0.2) is 4.79 Å². The number of ether oxygens (including phenoxy) is 3. The summed E-state index contributed by atoms with van der Waals surface area (Å²) in [4.78, 5) is 25.3. The molecule has 7 nitrogen and oxygen atoms in total. The highest BCUT2D eigenvalue weighted by Crippen LogP contribution is 2.37. The molecule has 0 radical (unpaired) electrons. The lowest BCUT2D eigenvalue weighted by Gasteiger charge is -2.35. The molecule has 36 heavy (non-hydrogen) atoms. The number of allylic oxidation sites excluding steroid dienone is 3. The zero-order valence-electron chi connectivity index (χ0n) is 21.4. The highest BCUT2D eigenvalue weighted by molar-refractivity contribution is 8.77. The quantitative estimate of drug-likeness (QED) is 0.270. The molecule has 0 aromatic rings. The van der Waals surface area contributed by atoms with Gasteiger partial charge in [-0.2, -0.15) is 0 Å². The molecular formula is C27H35NO6S2. The van der Waals surface area contributed by atoms with Crippen molar-refractivity contribution in [2.75, 3.05) is 12.9 Å². The molecule has 1 heterocycles. The molecule has 1 fully saturated rings. The van der Waals surface area contributed by atoms with Gasteiger partial charge in [0, 0.05) is 29.4 Å². The molecule has 9 heteroatoms. The van der Waals surface area contributed by atoms with E-state index in [1.807, 2.05) is 13.8 Å². The summed E-state index contributed by atoms with van der Waals surface area (Å²) in [7, 11) is 4.70. The van der Waals surface area contributed by atoms with E-state index in [0.29, 0.717) is 23.0 Å². The Hall–Kier alpha value is -2.14. The van der Waals surface area contributed by atoms with E-state index in [-0.39, 0.29) is 36.3 Å². The number of methoxy groups -OCH3 is 1. The van der Waals surface area contributed by atoms with Crippen molar-refractivity contribution in [2.45, 2.75) is 76.8 Å². The molecule has 1 amide bonds. The molecule has 4 unspecified atom stereocenters. The van der Waals surface area contributed by atoms with Crippen molar-refractivity contribution in [2.24, 2.45) is 5.92 Å². The first-order chi connectivity index (χ1) is 17.2. The number of rotatable bonds is 8. The highest BCUT2D eigenvalue weighted by atomic mass is 33.1. The van der Waals surface area contributed by atoms with Crippen molar-refractivity contribution in [3.05, 3.63) is 35.1 Å². The number of hydrogen-bond acceptors (Lipinski definition) is 8. The van der Waals surface area contributed by atoms with Crippen LogP contribution in [0.25, 0.3) is 0 Å². The predicted molar refractivity (Wildman–Crippen MR) is 145 cm³/mol. The van der Waals surface area contributed by atoms with Gasteiger partial charge in [0.1, 0.15) is 6.10 Å². The molecule has 196 valence electrons. The lowest BCUT2D eigenvalue weighted by atomic mass is 9.79. The molecule has 0 aromatic carbocycles. The number of carbonyl (C=O) groups is 2. The first kappa shape index (κ1) is 30.1. The summed E-state index contributed by atoms with van der Waals surface area (Å²) < 4.78 is 17.0. The van der Waals surface area contributed by atoms with Gasteiger partial charge in [-0.15, -0.1) is 6.42 Å². The smallest absolute Gasteiger partial charge is 0.411 e. The average molecular weight is 534 g/mol. The SMILES string of the molecule is C#C/C=C\C#C[C@H](OC1CC(O)CC(C)O1)C1=C(NC(=O)OC)C(=O)CC(C)/C1=C/CSSC(C)C. The van der Waals surface area contributed by atoms with Crippen LogP contribution < -0.4 is 5.32 Å². The van der Waals surface area contributed by atoms with Gasteiger partial charge in [-0.05, 0) is 37.0 Å². The summed E-state index contributed by atoms with van der Waals surface area (Å²) in [5.74, 6) is 8.62. The fraction of sp³-hybridized carbons (Fsp3) is 0.556. The molecule has 1 aliphatic carbocycles. The molecule has 2 aliphatic rings. The minimum Gasteiger partial charge on any atom is -0.453 e. The second-order valence-electron chi connectivity index (χ2n) is 8.83. The van der Waals surface area contributed by atoms with Crippen LogP contribution in [0.5, 0.6) is 0 Å². The Kier molecular flexibility index (Phi) is 12.7. The van der Waals surface area contributed by atoms with E-state index in [1.54, 1.807) is 21.6 Å². The van der Waals surface area contributed by atoms with Crippen LogP contribution in [0.2, 0.25) is 0 Å². The van der Waals surface area contributed by atoms with E-state index >= 15 is 0 Å². The maximum absolute atomic E-state index is 13.1. The molecule has 5 atom stereocenters. The third kappa shape index (κ3) is 9.38. The summed E-state index contributed by atoms with van der Waals surface area (Å²) >= 11 is 0. The van der Waals surface area contributed by atoms with E-state index in [2.05, 4.69) is 43.0 Å². The Morgan fingerprint density at radius 1 is 1.33 bits per heavy atom. The maximum atomic E-state index is 13.1. The number of hydrogen-bond donors (Lipinski definition) is 2. The topological polar surface area (TPSA) is 94.1 Å². The van der Waals surface area contributed by atoms with E-state index in [1.165, 1.54) is 19.3 Å². The molecule has 0 aromatic heterocycles. The van der Waals surface area contributed by atoms with Crippen LogP contribution >= 0.6 is 21.6 Å². The van der Waals surface area contributed by atoms with Crippen LogP contribution in [-0.2, 0) is 19.0 Å². The largest absolute Gasteiger partial charge is 0.453 e. The van der Waals surface area contributed by atoms with Gasteiger partial charge >= 0.3 is 6.09 Å². The van der Waals surface area contributed by atoms with E-state index in [9.17, 15) is 14.7 Å². The lowest BCUT2D eigenvalue weighted by molar-refractivity contribution is -0.216. The third-order valence-electron chi connectivity index (χ3n) is 5.41. The summed E-state index contributed by atoms with van der Waals surface area (Å²) in [5, 5.41) is 13.3. The van der Waals surface area contributed by atoms with Crippen molar-refractivity contribution in [1.82, 2.24) is 5.32 Å². The van der Waals surface area contributed by atoms with Crippen molar-refractivity contribution in [3.63, 3.8) is 0 Å². The summed E-state index contributed by atoms with van der Waals surface area (Å²) in [5.41, 5.74) is 1.43. The number of aliphatic hydroxyl groups is 1. The molecular weight excluding hydrogens is 498 g/mol. The fourth-order valence-corrected chi connectivity index (χ4v) is 5.79. The Balaban J connectivity index is 2.58. The number of terminal acetylenes is 1. The number of ketones is 1. The summed E-state index contributed by atoms with van der Waals surface area (Å²) in [6.07, 6.45) is 8.09. The third-order valence-corrected chi connectivity index (χ3v) is 8.20. The van der Waals surface area contributed by atoms with Gasteiger partial charge < -0.3 is 19.3 Å². The standard InChI is InChI=1S/C27H35NO6S2/c1-7-8-9-10-11-23(34-24-16-20(29)15-19(5)33-24)25-21(12-13-35-36-17(2)3)18(4)14-22(30)26(25)28-27(31)32-6/h1,8-9,12,17-20,23-24,29H,13-16H2,2-6H3,(H,28,31)/b9-8-,21-12-/t18?,19?,20?,23-,24?/m0/s1. The first-order valence-electron chi connectivity index (χ1n) is 11.9. The molecule has 2 rings (SSSR count). The van der Waals surface area contributed by atoms with Crippen molar-refractivity contribution in [3.8, 4) is 24.2 Å². The second-order valence-corrected chi connectivity index (χ2v) is 11.8. The fourth-order valence-electron chi connectivity index (χ4n) is 3.93. The monoisotopic (exact) mass is 533 g/mol. The number of Topliss-reactive ketones (excluding diaryl/α,β-unsaturated/α-hetero) is 1. The van der Waals surface area contributed by atoms with Crippen LogP contribution in [0, 0.1) is 30.1 Å². The highest BCUT2D eigenvalue weighted by Gasteiger charge is 2.37. The summed E-state index contributed by atoms with van der Waals surface area (Å²) in [6.45, 7) is 8.07. The van der Waals surface area contributed by atoms with Crippen LogP contribution in [-0.4, -0.2) is 59.7 Å². The molecule has 0 bridgehead atoms. The van der Waals surface area contributed by atoms with Crippen molar-refractivity contribution >= 4 is 33.5 Å². The van der Waals surface area contributed by atoms with E-state index in [0.717, 1.165) is 5.57 Å². The van der Waals surface area contributed by atoms with Crippen LogP contribution in [0.3, 0.4) is 0 Å².